The average Bonchev–Trinajstić information content (AvgIpc) is 3.26. The lowest BCUT2D eigenvalue weighted by Gasteiger charge is -2.31. The van der Waals surface area contributed by atoms with Crippen molar-refractivity contribution in [1.82, 2.24) is 14.9 Å². The van der Waals surface area contributed by atoms with E-state index in [2.05, 4.69) is 20.9 Å². The highest BCUT2D eigenvalue weighted by atomic mass is 16.7. The van der Waals surface area contributed by atoms with Crippen molar-refractivity contribution in [3.63, 3.8) is 0 Å². The predicted octanol–water partition coefficient (Wildman–Crippen LogP) is 2.41. The van der Waals surface area contributed by atoms with Crippen LogP contribution in [0.1, 0.15) is 30.3 Å². The van der Waals surface area contributed by atoms with Gasteiger partial charge in [0.15, 0.2) is 11.5 Å². The average molecular weight is 329 g/mol. The van der Waals surface area contributed by atoms with Gasteiger partial charge in [-0.3, -0.25) is 0 Å². The molecule has 1 atom stereocenters. The van der Waals surface area contributed by atoms with Crippen LogP contribution in [0.4, 0.5) is 0 Å². The number of nitrogens with one attached hydrogen (secondary N) is 1. The molecule has 0 saturated carbocycles. The van der Waals surface area contributed by atoms with Crippen molar-refractivity contribution in [2.75, 3.05) is 20.0 Å². The fraction of sp³-hybridized carbons (Fsp3) is 0.500. The fourth-order valence-electron chi connectivity index (χ4n) is 3.54. The van der Waals surface area contributed by atoms with Gasteiger partial charge >= 0.3 is 0 Å². The van der Waals surface area contributed by atoms with E-state index in [1.54, 1.807) is 0 Å². The summed E-state index contributed by atoms with van der Waals surface area (Å²) >= 11 is 0. The zero-order valence-corrected chi connectivity index (χ0v) is 13.9. The fourth-order valence-corrected chi connectivity index (χ4v) is 3.54. The number of aromatic nitrogens is 2. The Morgan fingerprint density at radius 3 is 2.96 bits per heavy atom. The molecule has 3 heterocycles. The summed E-state index contributed by atoms with van der Waals surface area (Å²) in [5.74, 6) is 3.28. The third-order valence-corrected chi connectivity index (χ3v) is 4.86. The van der Waals surface area contributed by atoms with Crippen molar-refractivity contribution >= 4 is 0 Å². The number of imidazole rings is 1. The standard InChI is InChI=1S/C18H23N3O3/c1-21-8-7-19-18(21)16(13-5-9-22-10-6-13)20-11-14-3-2-4-15-17(14)24-12-23-15/h2-4,7-8,13,16,20H,5-6,9-12H2,1H3. The van der Waals surface area contributed by atoms with Gasteiger partial charge in [-0.2, -0.15) is 0 Å². The van der Waals surface area contributed by atoms with E-state index < -0.39 is 0 Å². The first kappa shape index (κ1) is 15.5. The van der Waals surface area contributed by atoms with Crippen molar-refractivity contribution in [2.24, 2.45) is 13.0 Å². The van der Waals surface area contributed by atoms with E-state index in [0.29, 0.717) is 12.7 Å². The van der Waals surface area contributed by atoms with Gasteiger partial charge in [-0.25, -0.2) is 4.98 Å². The summed E-state index contributed by atoms with van der Waals surface area (Å²) in [6.07, 6.45) is 5.97. The second-order valence-corrected chi connectivity index (χ2v) is 6.36. The maximum atomic E-state index is 5.62. The molecule has 1 fully saturated rings. The van der Waals surface area contributed by atoms with Gasteiger partial charge in [0.1, 0.15) is 5.82 Å². The molecule has 4 rings (SSSR count). The zero-order chi connectivity index (χ0) is 16.4. The van der Waals surface area contributed by atoms with E-state index in [4.69, 9.17) is 14.2 Å². The lowest BCUT2D eigenvalue weighted by Crippen LogP contribution is -2.33. The molecule has 2 aromatic rings. The summed E-state index contributed by atoms with van der Waals surface area (Å²) in [7, 11) is 2.05. The van der Waals surface area contributed by atoms with Crippen molar-refractivity contribution in [3.8, 4) is 11.5 Å². The molecular formula is C18H23N3O3. The maximum Gasteiger partial charge on any atom is 0.231 e. The van der Waals surface area contributed by atoms with Crippen molar-refractivity contribution in [3.05, 3.63) is 42.0 Å². The number of fused-ring (bicyclic) bond motifs is 1. The molecule has 24 heavy (non-hydrogen) atoms. The van der Waals surface area contributed by atoms with Crippen LogP contribution in [0.5, 0.6) is 11.5 Å². The molecule has 1 aromatic carbocycles. The predicted molar refractivity (Wildman–Crippen MR) is 88.9 cm³/mol. The molecule has 0 amide bonds. The highest BCUT2D eigenvalue weighted by Gasteiger charge is 2.28. The molecule has 6 nitrogen and oxygen atoms in total. The number of hydrogen-bond acceptors (Lipinski definition) is 5. The maximum absolute atomic E-state index is 5.62. The van der Waals surface area contributed by atoms with Gasteiger partial charge in [0, 0.05) is 44.8 Å². The summed E-state index contributed by atoms with van der Waals surface area (Å²) in [6.45, 7) is 2.67. The summed E-state index contributed by atoms with van der Waals surface area (Å²) in [4.78, 5) is 4.58. The van der Waals surface area contributed by atoms with E-state index in [9.17, 15) is 0 Å². The summed E-state index contributed by atoms with van der Waals surface area (Å²) in [5, 5.41) is 3.70. The van der Waals surface area contributed by atoms with Crippen molar-refractivity contribution in [1.29, 1.82) is 0 Å². The highest BCUT2D eigenvalue weighted by Crippen LogP contribution is 2.36. The first-order valence-electron chi connectivity index (χ1n) is 8.49. The number of rotatable bonds is 5. The Bertz CT molecular complexity index is 695. The van der Waals surface area contributed by atoms with E-state index in [0.717, 1.165) is 55.5 Å². The molecule has 128 valence electrons. The molecular weight excluding hydrogens is 306 g/mol. The molecule has 2 aliphatic rings. The largest absolute Gasteiger partial charge is 0.454 e. The Kier molecular flexibility index (Phi) is 4.40. The Morgan fingerprint density at radius 2 is 2.17 bits per heavy atom. The Labute approximate surface area is 141 Å². The van der Waals surface area contributed by atoms with Crippen LogP contribution < -0.4 is 14.8 Å². The SMILES string of the molecule is Cn1ccnc1C(NCc1cccc2c1OCO2)C1CCOCC1. The molecule has 0 aliphatic carbocycles. The minimum atomic E-state index is 0.201. The summed E-state index contributed by atoms with van der Waals surface area (Å²) < 4.78 is 18.7. The molecule has 0 spiro atoms. The third-order valence-electron chi connectivity index (χ3n) is 4.86. The van der Waals surface area contributed by atoms with Crippen LogP contribution in [0.3, 0.4) is 0 Å². The number of para-hydroxylation sites is 1. The number of aryl methyl sites for hydroxylation is 1. The van der Waals surface area contributed by atoms with Gasteiger partial charge < -0.3 is 24.1 Å². The Morgan fingerprint density at radius 1 is 1.29 bits per heavy atom. The Balaban J connectivity index is 1.54. The zero-order valence-electron chi connectivity index (χ0n) is 13.9. The molecule has 0 radical (unpaired) electrons. The first-order valence-corrected chi connectivity index (χ1v) is 8.49. The number of nitrogens with zero attached hydrogens (tertiary/aromatic N) is 2. The van der Waals surface area contributed by atoms with Crippen LogP contribution in [0.15, 0.2) is 30.6 Å². The van der Waals surface area contributed by atoms with E-state index in [-0.39, 0.29) is 6.04 Å². The van der Waals surface area contributed by atoms with Gasteiger partial charge in [0.25, 0.3) is 0 Å². The molecule has 1 N–H and O–H groups in total. The normalized spacial score (nSPS) is 18.7. The lowest BCUT2D eigenvalue weighted by atomic mass is 9.91. The number of ether oxygens (including phenoxy) is 3. The van der Waals surface area contributed by atoms with Crippen LogP contribution in [0, 0.1) is 5.92 Å². The van der Waals surface area contributed by atoms with Gasteiger partial charge in [-0.05, 0) is 24.8 Å². The van der Waals surface area contributed by atoms with E-state index in [1.165, 1.54) is 0 Å². The van der Waals surface area contributed by atoms with Crippen molar-refractivity contribution in [2.45, 2.75) is 25.4 Å². The topological polar surface area (TPSA) is 57.5 Å². The van der Waals surface area contributed by atoms with Gasteiger partial charge in [0.2, 0.25) is 6.79 Å². The molecule has 1 aromatic heterocycles. The van der Waals surface area contributed by atoms with Crippen LogP contribution in [-0.4, -0.2) is 29.6 Å². The molecule has 6 heteroatoms. The lowest BCUT2D eigenvalue weighted by molar-refractivity contribution is 0.0517. The summed E-state index contributed by atoms with van der Waals surface area (Å²) in [6, 6.07) is 6.24. The van der Waals surface area contributed by atoms with Gasteiger partial charge in [-0.1, -0.05) is 12.1 Å². The van der Waals surface area contributed by atoms with E-state index >= 15 is 0 Å². The molecule has 0 bridgehead atoms. The molecule has 1 saturated heterocycles. The third kappa shape index (κ3) is 2.99. The van der Waals surface area contributed by atoms with Crippen LogP contribution in [0.25, 0.3) is 0 Å². The van der Waals surface area contributed by atoms with Gasteiger partial charge in [-0.15, -0.1) is 0 Å². The van der Waals surface area contributed by atoms with Crippen LogP contribution >= 0.6 is 0 Å². The second-order valence-electron chi connectivity index (χ2n) is 6.36. The Hall–Kier alpha value is -2.05. The van der Waals surface area contributed by atoms with Crippen LogP contribution in [-0.2, 0) is 18.3 Å². The smallest absolute Gasteiger partial charge is 0.231 e. The van der Waals surface area contributed by atoms with Crippen molar-refractivity contribution < 1.29 is 14.2 Å². The number of hydrogen-bond donors (Lipinski definition) is 1. The monoisotopic (exact) mass is 329 g/mol. The minimum Gasteiger partial charge on any atom is -0.454 e. The molecule has 2 aliphatic heterocycles. The summed E-state index contributed by atoms with van der Waals surface area (Å²) in [5.41, 5.74) is 1.12. The highest BCUT2D eigenvalue weighted by molar-refractivity contribution is 5.48. The van der Waals surface area contributed by atoms with E-state index in [1.807, 2.05) is 31.6 Å². The van der Waals surface area contributed by atoms with Gasteiger partial charge in [0.05, 0.1) is 6.04 Å². The quantitative estimate of drug-likeness (QED) is 0.913. The molecule has 1 unspecified atom stereocenters. The second kappa shape index (κ2) is 6.83. The minimum absolute atomic E-state index is 0.201. The first-order chi connectivity index (χ1) is 11.8. The van der Waals surface area contributed by atoms with Crippen LogP contribution in [0.2, 0.25) is 0 Å². The number of benzene rings is 1.